The number of halogens is 1. The minimum absolute atomic E-state index is 0.0584. The van der Waals surface area contributed by atoms with E-state index in [1.165, 1.54) is 0 Å². The summed E-state index contributed by atoms with van der Waals surface area (Å²) in [4.78, 5) is 11.7. The molecule has 88 valence electrons. The van der Waals surface area contributed by atoms with Crippen molar-refractivity contribution in [1.29, 1.82) is 0 Å². The van der Waals surface area contributed by atoms with E-state index in [9.17, 15) is 4.79 Å². The normalized spacial score (nSPS) is 13.8. The number of hydrogen-bond acceptors (Lipinski definition) is 2. The third-order valence-electron chi connectivity index (χ3n) is 2.51. The highest BCUT2D eigenvalue weighted by molar-refractivity contribution is 6.30. The average molecular weight is 249 g/mol. The molecule has 0 aliphatic heterocycles. The van der Waals surface area contributed by atoms with Gasteiger partial charge >= 0.3 is 0 Å². The van der Waals surface area contributed by atoms with E-state index in [0.29, 0.717) is 16.3 Å². The molecule has 17 heavy (non-hydrogen) atoms. The topological polar surface area (TPSA) is 55.1 Å². The Morgan fingerprint density at radius 3 is 2.94 bits per heavy atom. The number of anilines is 1. The molecule has 1 aromatic carbocycles. The van der Waals surface area contributed by atoms with Crippen LogP contribution in [-0.2, 0) is 4.79 Å². The van der Waals surface area contributed by atoms with Crippen LogP contribution in [0.25, 0.3) is 0 Å². The first-order valence-corrected chi connectivity index (χ1v) is 5.88. The second kappa shape index (κ2) is 5.22. The molecule has 2 rings (SSSR count). The van der Waals surface area contributed by atoms with Crippen molar-refractivity contribution in [3.8, 4) is 11.8 Å². The maximum atomic E-state index is 11.7. The number of nitrogens with one attached hydrogen (secondary N) is 1. The molecule has 1 aromatic rings. The van der Waals surface area contributed by atoms with Crippen LogP contribution in [0.2, 0.25) is 5.02 Å². The first kappa shape index (κ1) is 12.0. The predicted molar refractivity (Wildman–Crippen MR) is 68.7 cm³/mol. The Morgan fingerprint density at radius 1 is 1.53 bits per heavy atom. The summed E-state index contributed by atoms with van der Waals surface area (Å²) >= 11 is 5.90. The van der Waals surface area contributed by atoms with Gasteiger partial charge in [0.05, 0.1) is 12.2 Å². The lowest BCUT2D eigenvalue weighted by molar-refractivity contribution is -0.117. The van der Waals surface area contributed by atoms with Crippen LogP contribution in [0.4, 0.5) is 5.69 Å². The minimum atomic E-state index is 0.0584. The number of nitrogens with two attached hydrogens (primary N) is 1. The second-order valence-electron chi connectivity index (χ2n) is 3.96. The van der Waals surface area contributed by atoms with Crippen LogP contribution in [-0.4, -0.2) is 12.5 Å². The Morgan fingerprint density at radius 2 is 2.29 bits per heavy atom. The SMILES string of the molecule is NCC#Cc1cc(Cl)ccc1NC(=O)C1CC1. The molecule has 0 radical (unpaired) electrons. The molecule has 3 nitrogen and oxygen atoms in total. The van der Waals surface area contributed by atoms with E-state index in [0.717, 1.165) is 12.8 Å². The van der Waals surface area contributed by atoms with Crippen molar-refractivity contribution < 1.29 is 4.79 Å². The van der Waals surface area contributed by atoms with Crippen LogP contribution in [0.1, 0.15) is 18.4 Å². The van der Waals surface area contributed by atoms with Crippen LogP contribution < -0.4 is 11.1 Å². The number of rotatable bonds is 2. The average Bonchev–Trinajstić information content (AvgIpc) is 3.13. The van der Waals surface area contributed by atoms with Crippen molar-refractivity contribution >= 4 is 23.2 Å². The molecule has 4 heteroatoms. The molecule has 0 bridgehead atoms. The third-order valence-corrected chi connectivity index (χ3v) is 2.75. The maximum absolute atomic E-state index is 11.7. The van der Waals surface area contributed by atoms with Crippen LogP contribution in [0, 0.1) is 17.8 Å². The van der Waals surface area contributed by atoms with Gasteiger partial charge in [0.25, 0.3) is 0 Å². The van der Waals surface area contributed by atoms with Gasteiger partial charge in [-0.15, -0.1) is 0 Å². The minimum Gasteiger partial charge on any atom is -0.325 e. The number of carbonyl (C=O) groups excluding carboxylic acids is 1. The van der Waals surface area contributed by atoms with Gasteiger partial charge in [0, 0.05) is 16.5 Å². The fourth-order valence-corrected chi connectivity index (χ4v) is 1.63. The number of hydrogen-bond donors (Lipinski definition) is 2. The number of amides is 1. The van der Waals surface area contributed by atoms with Crippen molar-refractivity contribution in [3.05, 3.63) is 28.8 Å². The van der Waals surface area contributed by atoms with Crippen molar-refractivity contribution in [2.24, 2.45) is 11.7 Å². The summed E-state index contributed by atoms with van der Waals surface area (Å²) in [5, 5.41) is 3.46. The van der Waals surface area contributed by atoms with Crippen LogP contribution in [0.3, 0.4) is 0 Å². The molecule has 0 spiro atoms. The highest BCUT2D eigenvalue weighted by atomic mass is 35.5. The van der Waals surface area contributed by atoms with E-state index in [1.807, 2.05) is 0 Å². The van der Waals surface area contributed by atoms with Gasteiger partial charge in [-0.3, -0.25) is 4.79 Å². The van der Waals surface area contributed by atoms with Gasteiger partial charge in [-0.25, -0.2) is 0 Å². The number of carbonyl (C=O) groups is 1. The van der Waals surface area contributed by atoms with Gasteiger partial charge in [-0.1, -0.05) is 23.4 Å². The van der Waals surface area contributed by atoms with E-state index >= 15 is 0 Å². The van der Waals surface area contributed by atoms with E-state index in [-0.39, 0.29) is 18.4 Å². The van der Waals surface area contributed by atoms with Crippen LogP contribution in [0.5, 0.6) is 0 Å². The fourth-order valence-electron chi connectivity index (χ4n) is 1.46. The molecular formula is C13H13ClN2O. The van der Waals surface area contributed by atoms with Gasteiger partial charge in [0.1, 0.15) is 0 Å². The van der Waals surface area contributed by atoms with E-state index < -0.39 is 0 Å². The first-order chi connectivity index (χ1) is 8.20. The second-order valence-corrected chi connectivity index (χ2v) is 4.40. The monoisotopic (exact) mass is 248 g/mol. The zero-order valence-electron chi connectivity index (χ0n) is 9.29. The Balaban J connectivity index is 2.21. The molecule has 0 heterocycles. The van der Waals surface area contributed by atoms with Crippen molar-refractivity contribution in [3.63, 3.8) is 0 Å². The van der Waals surface area contributed by atoms with Gasteiger partial charge in [-0.05, 0) is 31.0 Å². The third kappa shape index (κ3) is 3.23. The highest BCUT2D eigenvalue weighted by Gasteiger charge is 2.29. The molecule has 1 amide bonds. The van der Waals surface area contributed by atoms with Crippen LogP contribution >= 0.6 is 11.6 Å². The van der Waals surface area contributed by atoms with Gasteiger partial charge in [-0.2, -0.15) is 0 Å². The Bertz CT molecular complexity index is 498. The molecule has 0 unspecified atom stereocenters. The van der Waals surface area contributed by atoms with Gasteiger partial charge in [0.15, 0.2) is 0 Å². The molecule has 0 aromatic heterocycles. The molecule has 0 saturated heterocycles. The molecule has 0 atom stereocenters. The summed E-state index contributed by atoms with van der Waals surface area (Å²) in [5.74, 6) is 5.89. The summed E-state index contributed by atoms with van der Waals surface area (Å²) in [6, 6.07) is 5.23. The zero-order valence-corrected chi connectivity index (χ0v) is 10.1. The van der Waals surface area contributed by atoms with Gasteiger partial charge < -0.3 is 11.1 Å². The molecule has 1 aliphatic rings. The van der Waals surface area contributed by atoms with Gasteiger partial charge in [0.2, 0.25) is 5.91 Å². The lowest BCUT2D eigenvalue weighted by atomic mass is 10.1. The van der Waals surface area contributed by atoms with E-state index in [1.54, 1.807) is 18.2 Å². The largest absolute Gasteiger partial charge is 0.325 e. The Hall–Kier alpha value is -1.50. The Labute approximate surface area is 105 Å². The maximum Gasteiger partial charge on any atom is 0.227 e. The first-order valence-electron chi connectivity index (χ1n) is 5.50. The van der Waals surface area contributed by atoms with Crippen molar-refractivity contribution in [2.45, 2.75) is 12.8 Å². The summed E-state index contributed by atoms with van der Waals surface area (Å²) in [7, 11) is 0. The van der Waals surface area contributed by atoms with Crippen molar-refractivity contribution in [2.75, 3.05) is 11.9 Å². The lowest BCUT2D eigenvalue weighted by Crippen LogP contribution is -2.14. The zero-order chi connectivity index (χ0) is 12.3. The van der Waals surface area contributed by atoms with E-state index in [4.69, 9.17) is 17.3 Å². The van der Waals surface area contributed by atoms with Crippen molar-refractivity contribution in [1.82, 2.24) is 0 Å². The molecule has 1 aliphatic carbocycles. The molecule has 1 saturated carbocycles. The smallest absolute Gasteiger partial charge is 0.227 e. The predicted octanol–water partition coefficient (Wildman–Crippen LogP) is 2.00. The lowest BCUT2D eigenvalue weighted by Gasteiger charge is -2.07. The summed E-state index contributed by atoms with van der Waals surface area (Å²) in [5.41, 5.74) is 6.74. The summed E-state index contributed by atoms with van der Waals surface area (Å²) in [6.45, 7) is 0.280. The molecular weight excluding hydrogens is 236 g/mol. The summed E-state index contributed by atoms with van der Waals surface area (Å²) < 4.78 is 0. The Kier molecular flexibility index (Phi) is 3.68. The summed E-state index contributed by atoms with van der Waals surface area (Å²) in [6.07, 6.45) is 1.95. The quantitative estimate of drug-likeness (QED) is 0.787. The van der Waals surface area contributed by atoms with E-state index in [2.05, 4.69) is 17.2 Å². The fraction of sp³-hybridized carbons (Fsp3) is 0.308. The number of benzene rings is 1. The molecule has 3 N–H and O–H groups in total. The highest BCUT2D eigenvalue weighted by Crippen LogP contribution is 2.31. The molecule has 1 fully saturated rings. The standard InChI is InChI=1S/C13H13ClN2O/c14-11-5-6-12(10(8-11)2-1-7-15)16-13(17)9-3-4-9/h5-6,8-9H,3-4,7,15H2,(H,16,17). The van der Waals surface area contributed by atoms with Crippen LogP contribution in [0.15, 0.2) is 18.2 Å².